The van der Waals surface area contributed by atoms with E-state index in [1.54, 1.807) is 0 Å². The highest BCUT2D eigenvalue weighted by atomic mass is 32.1. The van der Waals surface area contributed by atoms with Gasteiger partial charge in [0.15, 0.2) is 12.2 Å². The van der Waals surface area contributed by atoms with E-state index >= 15 is 0 Å². The third-order valence-electron chi connectivity index (χ3n) is 3.65. The summed E-state index contributed by atoms with van der Waals surface area (Å²) in [5.74, 6) is -0.688. The predicted octanol–water partition coefficient (Wildman–Crippen LogP) is 3.63. The number of aromatic nitrogens is 2. The Balaban J connectivity index is 1.42. The molecule has 0 spiro atoms. The van der Waals surface area contributed by atoms with Gasteiger partial charge in [0.1, 0.15) is 27.3 Å². The van der Waals surface area contributed by atoms with Crippen molar-refractivity contribution in [2.45, 2.75) is 25.6 Å². The Morgan fingerprint density at radius 3 is 3.21 bits per heavy atom. The predicted molar refractivity (Wildman–Crippen MR) is 83.1 cm³/mol. The summed E-state index contributed by atoms with van der Waals surface area (Å²) in [6, 6.07) is 4.05. The van der Waals surface area contributed by atoms with Gasteiger partial charge in [0.25, 0.3) is 0 Å². The van der Waals surface area contributed by atoms with E-state index in [0.29, 0.717) is 16.0 Å². The number of rotatable bonds is 4. The van der Waals surface area contributed by atoms with Crippen LogP contribution in [-0.4, -0.2) is 22.5 Å². The molecule has 0 aliphatic carbocycles. The van der Waals surface area contributed by atoms with Crippen molar-refractivity contribution in [2.75, 3.05) is 6.61 Å². The number of benzene rings is 1. The van der Waals surface area contributed by atoms with E-state index in [9.17, 15) is 9.18 Å². The minimum atomic E-state index is -0.495. The first-order valence-corrected chi connectivity index (χ1v) is 8.30. The largest absolute Gasteiger partial charge is 0.451 e. The van der Waals surface area contributed by atoms with E-state index < -0.39 is 11.8 Å². The van der Waals surface area contributed by atoms with Crippen molar-refractivity contribution in [2.24, 2.45) is 0 Å². The van der Waals surface area contributed by atoms with Gasteiger partial charge >= 0.3 is 5.97 Å². The minimum Gasteiger partial charge on any atom is -0.451 e. The molecule has 1 atom stereocenters. The Hall–Kier alpha value is -2.32. The zero-order chi connectivity index (χ0) is 16.5. The number of ether oxygens (including phenoxy) is 2. The summed E-state index contributed by atoms with van der Waals surface area (Å²) in [5, 5.41) is 0.789. The van der Waals surface area contributed by atoms with Gasteiger partial charge in [0, 0.05) is 12.7 Å². The first kappa shape index (κ1) is 15.2. The molecule has 0 saturated carbocycles. The zero-order valence-electron chi connectivity index (χ0n) is 12.5. The summed E-state index contributed by atoms with van der Waals surface area (Å²) < 4.78 is 29.2. The lowest BCUT2D eigenvalue weighted by atomic mass is 10.2. The average molecular weight is 348 g/mol. The molecule has 1 fully saturated rings. The Morgan fingerprint density at radius 2 is 2.38 bits per heavy atom. The smallest absolute Gasteiger partial charge is 0.350 e. The number of halogens is 1. The number of carbonyl (C=O) groups is 1. The number of carbonyl (C=O) groups excluding carboxylic acids is 1. The fourth-order valence-corrected chi connectivity index (χ4v) is 3.41. The fourth-order valence-electron chi connectivity index (χ4n) is 2.51. The molecule has 24 heavy (non-hydrogen) atoms. The van der Waals surface area contributed by atoms with Gasteiger partial charge in [-0.05, 0) is 25.0 Å². The van der Waals surface area contributed by atoms with Gasteiger partial charge in [-0.2, -0.15) is 0 Å². The molecular formula is C16H13FN2O4S. The highest BCUT2D eigenvalue weighted by molar-refractivity contribution is 7.13. The molecule has 0 N–H and O–H groups in total. The molecule has 0 amide bonds. The first-order valence-electron chi connectivity index (χ1n) is 7.48. The van der Waals surface area contributed by atoms with E-state index in [0.717, 1.165) is 24.5 Å². The van der Waals surface area contributed by atoms with Crippen LogP contribution in [0.1, 0.15) is 39.5 Å². The number of oxazole rings is 1. The molecule has 8 heteroatoms. The SMILES string of the molecule is O=C(OCc1nc2ccc(F)cc2o1)c1cnc([C@H]2CCCO2)s1. The molecule has 0 bridgehead atoms. The molecule has 124 valence electrons. The van der Waals surface area contributed by atoms with Crippen LogP contribution in [0.15, 0.2) is 28.8 Å². The van der Waals surface area contributed by atoms with E-state index in [-0.39, 0.29) is 18.6 Å². The Kier molecular flexibility index (Phi) is 3.99. The Bertz CT molecular complexity index is 885. The summed E-state index contributed by atoms with van der Waals surface area (Å²) in [4.78, 5) is 20.9. The van der Waals surface area contributed by atoms with Crippen molar-refractivity contribution >= 4 is 28.4 Å². The van der Waals surface area contributed by atoms with Crippen molar-refractivity contribution in [3.63, 3.8) is 0 Å². The second-order valence-corrected chi connectivity index (χ2v) is 6.42. The lowest BCUT2D eigenvalue weighted by molar-refractivity contribution is 0.0446. The van der Waals surface area contributed by atoms with Crippen LogP contribution < -0.4 is 0 Å². The summed E-state index contributed by atoms with van der Waals surface area (Å²) in [6.45, 7) is 0.602. The Labute approximate surface area is 140 Å². The quantitative estimate of drug-likeness (QED) is 0.670. The minimum absolute atomic E-state index is 0.0245. The third kappa shape index (κ3) is 3.02. The van der Waals surface area contributed by atoms with Crippen molar-refractivity contribution in [3.8, 4) is 0 Å². The number of hydrogen-bond acceptors (Lipinski definition) is 7. The van der Waals surface area contributed by atoms with E-state index in [1.807, 2.05) is 0 Å². The van der Waals surface area contributed by atoms with E-state index in [1.165, 1.54) is 35.7 Å². The van der Waals surface area contributed by atoms with Gasteiger partial charge in [-0.25, -0.2) is 19.2 Å². The second kappa shape index (κ2) is 6.29. The van der Waals surface area contributed by atoms with E-state index in [4.69, 9.17) is 13.9 Å². The van der Waals surface area contributed by atoms with Crippen LogP contribution in [0.5, 0.6) is 0 Å². The van der Waals surface area contributed by atoms with Gasteiger partial charge in [0.05, 0.1) is 6.20 Å². The molecule has 6 nitrogen and oxygen atoms in total. The summed E-state index contributed by atoms with van der Waals surface area (Å²) >= 11 is 1.27. The maximum Gasteiger partial charge on any atom is 0.350 e. The van der Waals surface area contributed by atoms with Gasteiger partial charge in [-0.1, -0.05) is 0 Å². The lowest BCUT2D eigenvalue weighted by Gasteiger charge is -2.03. The molecule has 0 radical (unpaired) electrons. The topological polar surface area (TPSA) is 74.5 Å². The van der Waals surface area contributed by atoms with Crippen LogP contribution >= 0.6 is 11.3 Å². The third-order valence-corrected chi connectivity index (χ3v) is 4.72. The summed E-state index contributed by atoms with van der Waals surface area (Å²) in [6.07, 6.45) is 3.39. The normalized spacial score (nSPS) is 17.5. The van der Waals surface area contributed by atoms with Crippen molar-refractivity contribution in [1.82, 2.24) is 9.97 Å². The molecule has 3 heterocycles. The molecule has 0 unspecified atom stereocenters. The standard InChI is InChI=1S/C16H13FN2O4S/c17-9-3-4-10-12(6-9)23-14(19-10)8-22-16(20)13-7-18-15(24-13)11-2-1-5-21-11/h3-4,6-7,11H,1-2,5,8H2/t11-/m1/s1. The lowest BCUT2D eigenvalue weighted by Crippen LogP contribution is -2.03. The maximum atomic E-state index is 13.1. The second-order valence-electron chi connectivity index (χ2n) is 5.36. The van der Waals surface area contributed by atoms with E-state index in [2.05, 4.69) is 9.97 Å². The zero-order valence-corrected chi connectivity index (χ0v) is 13.3. The van der Waals surface area contributed by atoms with Crippen LogP contribution in [0.25, 0.3) is 11.1 Å². The Morgan fingerprint density at radius 1 is 1.46 bits per heavy atom. The summed E-state index contributed by atoms with van der Waals surface area (Å²) in [7, 11) is 0. The molecule has 4 rings (SSSR count). The van der Waals surface area contributed by atoms with Crippen molar-refractivity contribution in [3.05, 3.63) is 46.0 Å². The first-order chi connectivity index (χ1) is 11.7. The van der Waals surface area contributed by atoms with Crippen LogP contribution in [0.4, 0.5) is 4.39 Å². The molecule has 1 aromatic carbocycles. The van der Waals surface area contributed by atoms with Crippen LogP contribution in [-0.2, 0) is 16.1 Å². The molecule has 3 aromatic rings. The van der Waals surface area contributed by atoms with Crippen molar-refractivity contribution < 1.29 is 23.1 Å². The molecule has 1 aliphatic rings. The van der Waals surface area contributed by atoms with Crippen LogP contribution in [0.3, 0.4) is 0 Å². The number of hydrogen-bond donors (Lipinski definition) is 0. The van der Waals surface area contributed by atoms with Gasteiger partial charge in [-0.3, -0.25) is 0 Å². The molecular weight excluding hydrogens is 335 g/mol. The van der Waals surface area contributed by atoms with Gasteiger partial charge in [0.2, 0.25) is 5.89 Å². The van der Waals surface area contributed by atoms with Crippen LogP contribution in [0.2, 0.25) is 0 Å². The van der Waals surface area contributed by atoms with Crippen LogP contribution in [0, 0.1) is 5.82 Å². The highest BCUT2D eigenvalue weighted by Crippen LogP contribution is 2.31. The average Bonchev–Trinajstić information content (AvgIpc) is 3.30. The van der Waals surface area contributed by atoms with Gasteiger partial charge < -0.3 is 13.9 Å². The highest BCUT2D eigenvalue weighted by Gasteiger charge is 2.23. The monoisotopic (exact) mass is 348 g/mol. The summed E-state index contributed by atoms with van der Waals surface area (Å²) in [5.41, 5.74) is 0.834. The molecule has 1 saturated heterocycles. The number of nitrogens with zero attached hydrogens (tertiary/aromatic N) is 2. The molecule has 2 aromatic heterocycles. The molecule has 1 aliphatic heterocycles. The number of esters is 1. The number of thiazole rings is 1. The van der Waals surface area contributed by atoms with Gasteiger partial charge in [-0.15, -0.1) is 11.3 Å². The van der Waals surface area contributed by atoms with Crippen molar-refractivity contribution in [1.29, 1.82) is 0 Å². The number of fused-ring (bicyclic) bond motifs is 1. The fraction of sp³-hybridized carbons (Fsp3) is 0.312. The maximum absolute atomic E-state index is 13.1.